The Hall–Kier alpha value is -3.86. The van der Waals surface area contributed by atoms with Gasteiger partial charge in [-0.1, -0.05) is 71.1 Å². The zero-order chi connectivity index (χ0) is 28.0. The summed E-state index contributed by atoms with van der Waals surface area (Å²) in [6, 6.07) is 21.1. The van der Waals surface area contributed by atoms with Crippen molar-refractivity contribution in [1.82, 2.24) is 4.98 Å². The van der Waals surface area contributed by atoms with Crippen molar-refractivity contribution in [3.63, 3.8) is 0 Å². The summed E-state index contributed by atoms with van der Waals surface area (Å²) in [5.41, 5.74) is 2.67. The van der Waals surface area contributed by atoms with Crippen LogP contribution in [0.4, 0.5) is 11.4 Å². The lowest BCUT2D eigenvalue weighted by Crippen LogP contribution is -2.32. The van der Waals surface area contributed by atoms with Gasteiger partial charge in [0.25, 0.3) is 5.91 Å². The van der Waals surface area contributed by atoms with Crippen LogP contribution in [-0.4, -0.2) is 34.6 Å². The number of rotatable bonds is 6. The summed E-state index contributed by atoms with van der Waals surface area (Å²) in [4.78, 5) is 57.1. The van der Waals surface area contributed by atoms with E-state index in [-0.39, 0.29) is 29.2 Å². The minimum absolute atomic E-state index is 0.263. The number of aryl methyl sites for hydroxylation is 1. The quantitative estimate of drug-likeness (QED) is 0.298. The van der Waals surface area contributed by atoms with Crippen molar-refractivity contribution in [2.75, 3.05) is 16.8 Å². The molecule has 0 saturated carbocycles. The topological polar surface area (TPSA) is 109 Å². The van der Waals surface area contributed by atoms with Crippen LogP contribution in [0.3, 0.4) is 0 Å². The first kappa shape index (κ1) is 26.4. The third-order valence-corrected chi connectivity index (χ3v) is 9.59. The number of imide groups is 1. The van der Waals surface area contributed by atoms with Crippen molar-refractivity contribution in [3.05, 3.63) is 103 Å². The number of hydrogen-bond donors (Lipinski definition) is 2. The molecule has 1 saturated heterocycles. The number of carbonyl (C=O) groups is 3. The number of carbonyl (C=O) groups excluding carboxylic acids is 3. The number of amides is 3. The number of fused-ring (bicyclic) bond motifs is 2. The van der Waals surface area contributed by atoms with Crippen LogP contribution in [0.2, 0.25) is 5.02 Å². The minimum Gasteiger partial charge on any atom is -0.483 e. The number of ether oxygens (including phenoxy) is 1. The normalized spacial score (nSPS) is 19.8. The van der Waals surface area contributed by atoms with Gasteiger partial charge < -0.3 is 15.0 Å². The lowest BCUT2D eigenvalue weighted by molar-refractivity contribution is -0.122. The van der Waals surface area contributed by atoms with Gasteiger partial charge in [0.2, 0.25) is 11.8 Å². The number of para-hydroxylation sites is 2. The second-order valence-corrected chi connectivity index (χ2v) is 12.0. The highest BCUT2D eigenvalue weighted by Crippen LogP contribution is 2.54. The molecule has 0 spiro atoms. The Morgan fingerprint density at radius 1 is 1.00 bits per heavy atom. The minimum atomic E-state index is -0.780. The molecule has 3 amide bonds. The van der Waals surface area contributed by atoms with Crippen LogP contribution in [0.5, 0.6) is 5.75 Å². The molecule has 1 aromatic heterocycles. The molecule has 3 heterocycles. The van der Waals surface area contributed by atoms with Crippen LogP contribution < -0.4 is 19.8 Å². The molecule has 0 aliphatic carbocycles. The zero-order valence-corrected chi connectivity index (χ0v) is 23.4. The maximum absolute atomic E-state index is 13.9. The number of thioether (sulfide) groups is 1. The summed E-state index contributed by atoms with van der Waals surface area (Å²) in [6.07, 6.45) is 0. The highest BCUT2D eigenvalue weighted by Gasteiger charge is 2.56. The van der Waals surface area contributed by atoms with Gasteiger partial charge in [0.05, 0.1) is 16.6 Å². The Balaban J connectivity index is 1.34. The molecule has 3 aromatic carbocycles. The molecule has 1 fully saturated rings. The highest BCUT2D eigenvalue weighted by molar-refractivity contribution is 8.00. The number of H-pyrrole nitrogens is 1. The van der Waals surface area contributed by atoms with Crippen molar-refractivity contribution in [2.45, 2.75) is 23.1 Å². The molecule has 40 heavy (non-hydrogen) atoms. The Bertz CT molecular complexity index is 1700. The smallest absolute Gasteiger partial charge is 0.305 e. The summed E-state index contributed by atoms with van der Waals surface area (Å²) in [7, 11) is 0. The number of thiazole rings is 1. The van der Waals surface area contributed by atoms with E-state index in [4.69, 9.17) is 16.3 Å². The van der Waals surface area contributed by atoms with Crippen LogP contribution >= 0.6 is 34.7 Å². The number of nitrogens with zero attached hydrogens (tertiary/aromatic N) is 1. The Morgan fingerprint density at radius 3 is 2.50 bits per heavy atom. The van der Waals surface area contributed by atoms with Crippen molar-refractivity contribution >= 4 is 63.8 Å². The molecule has 2 aliphatic heterocycles. The molecule has 6 rings (SSSR count). The van der Waals surface area contributed by atoms with Gasteiger partial charge >= 0.3 is 4.87 Å². The predicted octanol–water partition coefficient (Wildman–Crippen LogP) is 5.21. The van der Waals surface area contributed by atoms with E-state index in [9.17, 15) is 19.2 Å². The van der Waals surface area contributed by atoms with E-state index in [0.29, 0.717) is 37.6 Å². The van der Waals surface area contributed by atoms with Crippen LogP contribution in [0.15, 0.2) is 82.6 Å². The molecule has 0 bridgehead atoms. The van der Waals surface area contributed by atoms with Crippen molar-refractivity contribution < 1.29 is 19.1 Å². The first-order valence-electron chi connectivity index (χ1n) is 12.4. The highest BCUT2D eigenvalue weighted by atomic mass is 35.5. The third-order valence-electron chi connectivity index (χ3n) is 6.94. The lowest BCUT2D eigenvalue weighted by Gasteiger charge is -2.30. The maximum atomic E-state index is 13.9. The molecule has 2 N–H and O–H groups in total. The first-order chi connectivity index (χ1) is 19.3. The lowest BCUT2D eigenvalue weighted by atomic mass is 9.82. The van der Waals surface area contributed by atoms with Gasteiger partial charge in [0, 0.05) is 27.1 Å². The number of hydrogen-bond acceptors (Lipinski definition) is 7. The van der Waals surface area contributed by atoms with E-state index >= 15 is 0 Å². The molecule has 3 atom stereocenters. The molecule has 202 valence electrons. The van der Waals surface area contributed by atoms with Crippen molar-refractivity contribution in [2.24, 2.45) is 5.92 Å². The number of anilines is 2. The summed E-state index contributed by atoms with van der Waals surface area (Å²) in [6.45, 7) is 1.64. The predicted molar refractivity (Wildman–Crippen MR) is 156 cm³/mol. The van der Waals surface area contributed by atoms with Crippen LogP contribution in [-0.2, 0) is 14.4 Å². The zero-order valence-electron chi connectivity index (χ0n) is 21.1. The Morgan fingerprint density at radius 2 is 1.73 bits per heavy atom. The number of halogens is 1. The van der Waals surface area contributed by atoms with Crippen LogP contribution in [0.1, 0.15) is 21.9 Å². The molecule has 4 aromatic rings. The monoisotopic (exact) mass is 591 g/mol. The van der Waals surface area contributed by atoms with Crippen molar-refractivity contribution in [3.8, 4) is 5.75 Å². The van der Waals surface area contributed by atoms with Gasteiger partial charge in [-0.2, -0.15) is 0 Å². The molecule has 0 radical (unpaired) electrons. The van der Waals surface area contributed by atoms with E-state index in [1.54, 1.807) is 42.5 Å². The van der Waals surface area contributed by atoms with Gasteiger partial charge in [-0.25, -0.2) is 4.90 Å². The summed E-state index contributed by atoms with van der Waals surface area (Å²) in [5, 5.41) is 3.16. The SMILES string of the molecule is Cc1ccccc1NC(=O)COc1ccccc1[C@H]1c2sc(=O)[nH]c2SC2C(=O)N(c3ccc(Cl)cc3)C(=O)C21. The van der Waals surface area contributed by atoms with Gasteiger partial charge in [0.1, 0.15) is 11.0 Å². The Labute approximate surface area is 242 Å². The molecule has 2 aliphatic rings. The van der Waals surface area contributed by atoms with E-state index in [1.807, 2.05) is 37.3 Å². The fourth-order valence-electron chi connectivity index (χ4n) is 5.11. The average molecular weight is 592 g/mol. The van der Waals surface area contributed by atoms with Crippen LogP contribution in [0, 0.1) is 12.8 Å². The van der Waals surface area contributed by atoms with Gasteiger partial charge in [-0.15, -0.1) is 0 Å². The van der Waals surface area contributed by atoms with E-state index < -0.39 is 17.1 Å². The Kier molecular flexibility index (Phi) is 6.99. The summed E-state index contributed by atoms with van der Waals surface area (Å²) < 4.78 is 5.99. The molecule has 2 unspecified atom stereocenters. The summed E-state index contributed by atoms with van der Waals surface area (Å²) >= 11 is 8.25. The van der Waals surface area contributed by atoms with Gasteiger partial charge in [-0.05, 0) is 48.9 Å². The average Bonchev–Trinajstić information content (AvgIpc) is 3.44. The van der Waals surface area contributed by atoms with Gasteiger partial charge in [0.15, 0.2) is 6.61 Å². The largest absolute Gasteiger partial charge is 0.483 e. The summed E-state index contributed by atoms with van der Waals surface area (Å²) in [5.74, 6) is -2.08. The number of benzene rings is 3. The van der Waals surface area contributed by atoms with Crippen LogP contribution in [0.25, 0.3) is 0 Å². The number of aromatic amines is 1. The second-order valence-electron chi connectivity index (χ2n) is 9.43. The fourth-order valence-corrected chi connectivity index (χ4v) is 7.74. The second kappa shape index (κ2) is 10.6. The molecule has 8 nitrogen and oxygen atoms in total. The fraction of sp³-hybridized carbons (Fsp3) is 0.172. The van der Waals surface area contributed by atoms with E-state index in [2.05, 4.69) is 10.3 Å². The van der Waals surface area contributed by atoms with E-state index in [0.717, 1.165) is 16.9 Å². The molecule has 11 heteroatoms. The van der Waals surface area contributed by atoms with Crippen molar-refractivity contribution in [1.29, 1.82) is 0 Å². The van der Waals surface area contributed by atoms with E-state index in [1.165, 1.54) is 16.7 Å². The third kappa shape index (κ3) is 4.72. The van der Waals surface area contributed by atoms with Gasteiger partial charge in [-0.3, -0.25) is 19.2 Å². The number of nitrogens with one attached hydrogen (secondary N) is 2. The molecular formula is C29H22ClN3O5S2. The number of aromatic nitrogens is 1. The molecular weight excluding hydrogens is 570 g/mol. The first-order valence-corrected chi connectivity index (χ1v) is 14.5. The maximum Gasteiger partial charge on any atom is 0.305 e. The standard InChI is InChI=1S/C29H22ClN3O5S2/c1-15-6-2-4-8-19(15)31-21(34)14-38-20-9-5-3-7-18(20)22-23-25(39-26-24(22)40-29(37)32-26)28(36)33(27(23)35)17-12-10-16(30)11-13-17/h2-13,22-23,25H,14H2,1H3,(H,31,34)(H,32,37)/t22-,23?,25?/m1/s1.